The lowest BCUT2D eigenvalue weighted by Gasteiger charge is -2.24. The lowest BCUT2D eigenvalue weighted by molar-refractivity contribution is 1.19. The molecule has 0 aromatic carbocycles. The number of rotatable bonds is 5. The van der Waals surface area contributed by atoms with Gasteiger partial charge in [0.2, 0.25) is 0 Å². The molecule has 1 aliphatic rings. The Morgan fingerprint density at radius 2 is 1.50 bits per heavy atom. The summed E-state index contributed by atoms with van der Waals surface area (Å²) in [6, 6.07) is 4.12. The summed E-state index contributed by atoms with van der Waals surface area (Å²) in [5.74, 6) is 1.36. The van der Waals surface area contributed by atoms with Gasteiger partial charge in [-0.25, -0.2) is 0 Å². The van der Waals surface area contributed by atoms with Crippen molar-refractivity contribution >= 4 is 8.07 Å². The van der Waals surface area contributed by atoms with E-state index in [1.807, 2.05) is 0 Å². The first-order valence-corrected chi connectivity index (χ1v) is 8.37. The van der Waals surface area contributed by atoms with Gasteiger partial charge < -0.3 is 0 Å². The summed E-state index contributed by atoms with van der Waals surface area (Å²) in [5, 5.41) is 0. The van der Waals surface area contributed by atoms with Gasteiger partial charge >= 0.3 is 0 Å². The van der Waals surface area contributed by atoms with E-state index in [-0.39, 0.29) is 0 Å². The molecule has 0 aliphatic heterocycles. The van der Waals surface area contributed by atoms with E-state index >= 15 is 0 Å². The Hall–Kier alpha value is -0.0431. The van der Waals surface area contributed by atoms with Crippen molar-refractivity contribution in [3.63, 3.8) is 0 Å². The molecule has 0 spiro atoms. The van der Waals surface area contributed by atoms with Crippen molar-refractivity contribution < 1.29 is 0 Å². The molecule has 1 saturated carbocycles. The standard InChI is InChI=1S/C13H21Si/c1-4-14(5-2,6-3)12-11-13-9-7-8-10-13/h7-12H,4-6H2,1-3H3/b12-11+. The highest BCUT2D eigenvalue weighted by Crippen LogP contribution is 2.27. The van der Waals surface area contributed by atoms with Gasteiger partial charge in [0.1, 0.15) is 0 Å². The molecular formula is C13H21Si. The summed E-state index contributed by atoms with van der Waals surface area (Å²) in [6.45, 7) is 7.03. The first kappa shape index (κ1) is 12.0. The Bertz CT molecular complexity index is 165. The Morgan fingerprint density at radius 1 is 1.00 bits per heavy atom. The van der Waals surface area contributed by atoms with E-state index in [1.165, 1.54) is 24.1 Å². The average molecular weight is 205 g/mol. The van der Waals surface area contributed by atoms with Crippen molar-refractivity contribution in [2.45, 2.75) is 38.9 Å². The van der Waals surface area contributed by atoms with Gasteiger partial charge in [-0.15, -0.1) is 0 Å². The molecule has 77 valence electrons. The molecule has 0 saturated heterocycles. The predicted molar refractivity (Wildman–Crippen MR) is 66.8 cm³/mol. The van der Waals surface area contributed by atoms with Crippen molar-refractivity contribution in [2.24, 2.45) is 0 Å². The zero-order chi connectivity index (χ0) is 10.4. The highest BCUT2D eigenvalue weighted by atomic mass is 28.3. The van der Waals surface area contributed by atoms with E-state index in [0.29, 0.717) is 0 Å². The van der Waals surface area contributed by atoms with Crippen molar-refractivity contribution in [3.8, 4) is 0 Å². The normalized spacial score (nSPS) is 19.6. The molecule has 0 N–H and O–H groups in total. The summed E-state index contributed by atoms with van der Waals surface area (Å²) in [5.41, 5.74) is 2.53. The van der Waals surface area contributed by atoms with Crippen LogP contribution in [0.4, 0.5) is 0 Å². The maximum Gasteiger partial charge on any atom is 0.0766 e. The Balaban J connectivity index is 2.52. The molecule has 1 fully saturated rings. The van der Waals surface area contributed by atoms with Crippen LogP contribution in [0, 0.1) is 31.6 Å². The fraction of sp³-hybridized carbons (Fsp3) is 0.462. The summed E-state index contributed by atoms with van der Waals surface area (Å²) in [7, 11) is -1.05. The van der Waals surface area contributed by atoms with Gasteiger partial charge in [0.25, 0.3) is 0 Å². The molecule has 0 bridgehead atoms. The van der Waals surface area contributed by atoms with Crippen LogP contribution in [0.1, 0.15) is 20.8 Å². The topological polar surface area (TPSA) is 0 Å². The van der Waals surface area contributed by atoms with Crippen LogP contribution in [0.2, 0.25) is 18.1 Å². The van der Waals surface area contributed by atoms with Crippen LogP contribution < -0.4 is 0 Å². The SMILES string of the molecule is CC[Si](/C=C/[C]1[CH][CH][CH][CH]1)(CC)CC. The van der Waals surface area contributed by atoms with Crippen LogP contribution in [-0.2, 0) is 0 Å². The van der Waals surface area contributed by atoms with Crippen molar-refractivity contribution in [1.29, 1.82) is 0 Å². The van der Waals surface area contributed by atoms with Crippen LogP contribution in [0.5, 0.6) is 0 Å². The Kier molecular flexibility index (Phi) is 4.94. The Morgan fingerprint density at radius 3 is 1.93 bits per heavy atom. The fourth-order valence-electron chi connectivity index (χ4n) is 1.88. The lowest BCUT2D eigenvalue weighted by Crippen LogP contribution is -2.28. The minimum absolute atomic E-state index is 1.05. The molecule has 1 aliphatic carbocycles. The van der Waals surface area contributed by atoms with Crippen LogP contribution in [0.3, 0.4) is 0 Å². The number of hydrogen-bond acceptors (Lipinski definition) is 0. The highest BCUT2D eigenvalue weighted by Gasteiger charge is 2.24. The van der Waals surface area contributed by atoms with E-state index < -0.39 is 8.07 Å². The second-order valence-corrected chi connectivity index (χ2v) is 9.15. The first-order valence-electron chi connectivity index (χ1n) is 5.67. The van der Waals surface area contributed by atoms with E-state index in [2.05, 4.69) is 58.2 Å². The Labute approximate surface area is 90.8 Å². The quantitative estimate of drug-likeness (QED) is 0.595. The lowest BCUT2D eigenvalue weighted by atomic mass is 10.1. The third kappa shape index (κ3) is 2.98. The third-order valence-electron chi connectivity index (χ3n) is 3.43. The van der Waals surface area contributed by atoms with Crippen LogP contribution in [0.25, 0.3) is 0 Å². The maximum atomic E-state index is 2.53. The zero-order valence-electron chi connectivity index (χ0n) is 9.59. The predicted octanol–water partition coefficient (Wildman–Crippen LogP) is 4.00. The molecule has 0 aromatic heterocycles. The molecule has 14 heavy (non-hydrogen) atoms. The molecular weight excluding hydrogens is 184 g/mol. The van der Waals surface area contributed by atoms with Gasteiger partial charge in [0.15, 0.2) is 0 Å². The van der Waals surface area contributed by atoms with Gasteiger partial charge in [0.05, 0.1) is 8.07 Å². The van der Waals surface area contributed by atoms with Crippen molar-refractivity contribution in [1.82, 2.24) is 0 Å². The second kappa shape index (κ2) is 5.74. The van der Waals surface area contributed by atoms with Gasteiger partial charge in [-0.05, 0) is 25.7 Å². The molecule has 0 amide bonds. The third-order valence-corrected chi connectivity index (χ3v) is 8.53. The van der Waals surface area contributed by atoms with E-state index in [4.69, 9.17) is 0 Å². The molecule has 0 unspecified atom stereocenters. The highest BCUT2D eigenvalue weighted by molar-refractivity contribution is 6.84. The minimum atomic E-state index is -1.05. The van der Waals surface area contributed by atoms with Gasteiger partial charge in [-0.1, -0.05) is 50.7 Å². The zero-order valence-corrected chi connectivity index (χ0v) is 10.6. The van der Waals surface area contributed by atoms with Crippen molar-refractivity contribution in [2.75, 3.05) is 0 Å². The number of allylic oxidation sites excluding steroid dienone is 1. The van der Waals surface area contributed by atoms with E-state index in [1.54, 1.807) is 0 Å². The van der Waals surface area contributed by atoms with Crippen molar-refractivity contribution in [3.05, 3.63) is 43.4 Å². The van der Waals surface area contributed by atoms with E-state index in [9.17, 15) is 0 Å². The first-order chi connectivity index (χ1) is 6.76. The van der Waals surface area contributed by atoms with Gasteiger partial charge in [-0.2, -0.15) is 0 Å². The summed E-state index contributed by atoms with van der Waals surface area (Å²) < 4.78 is 0. The molecule has 0 aromatic rings. The largest absolute Gasteiger partial charge is 0.0975 e. The van der Waals surface area contributed by atoms with Crippen LogP contribution in [-0.4, -0.2) is 8.07 Å². The monoisotopic (exact) mass is 205 g/mol. The minimum Gasteiger partial charge on any atom is -0.0975 e. The van der Waals surface area contributed by atoms with Crippen LogP contribution >= 0.6 is 0 Å². The average Bonchev–Trinajstić information content (AvgIpc) is 2.74. The fourth-order valence-corrected chi connectivity index (χ4v) is 4.63. The molecule has 1 heteroatoms. The smallest absolute Gasteiger partial charge is 0.0766 e. The molecule has 0 atom stereocenters. The van der Waals surface area contributed by atoms with Gasteiger partial charge in [-0.3, -0.25) is 0 Å². The molecule has 0 heterocycles. The summed E-state index contributed by atoms with van der Waals surface area (Å²) >= 11 is 0. The second-order valence-electron chi connectivity index (χ2n) is 3.97. The summed E-state index contributed by atoms with van der Waals surface area (Å²) in [6.07, 6.45) is 10.9. The summed E-state index contributed by atoms with van der Waals surface area (Å²) in [4.78, 5) is 0. The van der Waals surface area contributed by atoms with Gasteiger partial charge in [0, 0.05) is 5.92 Å². The van der Waals surface area contributed by atoms with Crippen LogP contribution in [0.15, 0.2) is 11.8 Å². The maximum absolute atomic E-state index is 2.53. The number of hydrogen-bond donors (Lipinski definition) is 0. The van der Waals surface area contributed by atoms with E-state index in [0.717, 1.165) is 0 Å². The molecule has 5 radical (unpaired) electrons. The molecule has 0 nitrogen and oxygen atoms in total. The molecule has 1 rings (SSSR count).